The number of hydrogen-bond donors (Lipinski definition) is 2. The maximum atomic E-state index is 12.2. The lowest BCUT2D eigenvalue weighted by Crippen LogP contribution is -2.34. The first kappa shape index (κ1) is 14.8. The molecule has 3 aromatic rings. The van der Waals surface area contributed by atoms with Crippen LogP contribution in [0.1, 0.15) is 22.0 Å². The zero-order valence-corrected chi connectivity index (χ0v) is 12.6. The molecular formula is C18H16N2O3. The number of esters is 1. The number of ether oxygens (including phenoxy) is 1. The first-order chi connectivity index (χ1) is 11.2. The van der Waals surface area contributed by atoms with Gasteiger partial charge in [-0.2, -0.15) is 0 Å². The summed E-state index contributed by atoms with van der Waals surface area (Å²) >= 11 is 0. The predicted molar refractivity (Wildman–Crippen MR) is 87.0 cm³/mol. The van der Waals surface area contributed by atoms with Crippen LogP contribution in [0.4, 0.5) is 0 Å². The average molecular weight is 308 g/mol. The lowest BCUT2D eigenvalue weighted by atomic mass is 10.0. The molecule has 23 heavy (non-hydrogen) atoms. The molecular weight excluding hydrogens is 292 g/mol. The zero-order chi connectivity index (χ0) is 16.2. The van der Waals surface area contributed by atoms with Crippen molar-refractivity contribution in [1.82, 2.24) is 10.3 Å². The van der Waals surface area contributed by atoms with Gasteiger partial charge in [0.25, 0.3) is 5.91 Å². The lowest BCUT2D eigenvalue weighted by Gasteiger charge is -2.17. The predicted octanol–water partition coefficient (Wildman–Crippen LogP) is 2.81. The molecule has 1 amide bonds. The fourth-order valence-electron chi connectivity index (χ4n) is 2.46. The number of rotatable bonds is 4. The van der Waals surface area contributed by atoms with Crippen molar-refractivity contribution in [3.63, 3.8) is 0 Å². The summed E-state index contributed by atoms with van der Waals surface area (Å²) in [6.07, 6.45) is 3.22. The van der Waals surface area contributed by atoms with Crippen LogP contribution in [0.15, 0.2) is 60.9 Å². The summed E-state index contributed by atoms with van der Waals surface area (Å²) in [5.41, 5.74) is 1.14. The van der Waals surface area contributed by atoms with Crippen molar-refractivity contribution in [2.75, 3.05) is 7.11 Å². The minimum absolute atomic E-state index is 0.338. The molecule has 0 saturated heterocycles. The Morgan fingerprint density at radius 2 is 1.87 bits per heavy atom. The largest absolute Gasteiger partial charge is 0.467 e. The zero-order valence-electron chi connectivity index (χ0n) is 12.6. The topological polar surface area (TPSA) is 71.2 Å². The highest BCUT2D eigenvalue weighted by molar-refractivity contribution is 5.97. The fourth-order valence-corrected chi connectivity index (χ4v) is 2.46. The monoisotopic (exact) mass is 308 g/mol. The molecule has 0 aliphatic rings. The van der Waals surface area contributed by atoms with Gasteiger partial charge < -0.3 is 15.0 Å². The molecule has 2 aromatic carbocycles. The molecule has 0 saturated carbocycles. The van der Waals surface area contributed by atoms with Crippen molar-refractivity contribution in [3.05, 3.63) is 72.1 Å². The molecule has 0 radical (unpaired) electrons. The molecule has 0 bridgehead atoms. The second kappa shape index (κ2) is 6.36. The maximum Gasteiger partial charge on any atom is 0.333 e. The van der Waals surface area contributed by atoms with Gasteiger partial charge in [0.2, 0.25) is 0 Å². The highest BCUT2D eigenvalue weighted by Crippen LogP contribution is 2.22. The third kappa shape index (κ3) is 3.08. The first-order valence-electron chi connectivity index (χ1n) is 7.19. The van der Waals surface area contributed by atoms with Crippen LogP contribution in [-0.2, 0) is 9.53 Å². The third-order valence-electron chi connectivity index (χ3n) is 3.68. The van der Waals surface area contributed by atoms with Gasteiger partial charge in [0.1, 0.15) is 0 Å². The van der Waals surface area contributed by atoms with Gasteiger partial charge in [0, 0.05) is 12.4 Å². The molecule has 1 heterocycles. The van der Waals surface area contributed by atoms with E-state index < -0.39 is 12.0 Å². The molecule has 5 nitrogen and oxygen atoms in total. The molecule has 0 spiro atoms. The van der Waals surface area contributed by atoms with Crippen LogP contribution in [0.5, 0.6) is 0 Å². The van der Waals surface area contributed by atoms with Gasteiger partial charge in [-0.05, 0) is 28.5 Å². The molecule has 0 fully saturated rings. The average Bonchev–Trinajstić information content (AvgIpc) is 3.13. The Morgan fingerprint density at radius 1 is 1.09 bits per heavy atom. The molecule has 0 aliphatic carbocycles. The van der Waals surface area contributed by atoms with Crippen molar-refractivity contribution in [2.45, 2.75) is 6.04 Å². The summed E-state index contributed by atoms with van der Waals surface area (Å²) in [7, 11) is 1.30. The SMILES string of the molecule is COC(=O)[C@H](NC(=O)c1cc[nH]c1)c1ccc2ccccc2c1. The van der Waals surface area contributed by atoms with Gasteiger partial charge in [0.05, 0.1) is 12.7 Å². The summed E-state index contributed by atoms with van der Waals surface area (Å²) in [6.45, 7) is 0. The summed E-state index contributed by atoms with van der Waals surface area (Å²) in [6, 6.07) is 14.2. The number of aromatic amines is 1. The van der Waals surface area contributed by atoms with Crippen molar-refractivity contribution in [3.8, 4) is 0 Å². The summed E-state index contributed by atoms with van der Waals surface area (Å²) in [5, 5.41) is 4.78. The van der Waals surface area contributed by atoms with E-state index in [1.165, 1.54) is 7.11 Å². The Hall–Kier alpha value is -3.08. The molecule has 3 rings (SSSR count). The lowest BCUT2D eigenvalue weighted by molar-refractivity contribution is -0.143. The van der Waals surface area contributed by atoms with Gasteiger partial charge in [-0.15, -0.1) is 0 Å². The number of carbonyl (C=O) groups excluding carboxylic acids is 2. The van der Waals surface area contributed by atoms with E-state index in [9.17, 15) is 9.59 Å². The number of amides is 1. The number of fused-ring (bicyclic) bond motifs is 1. The molecule has 116 valence electrons. The van der Waals surface area contributed by atoms with Gasteiger partial charge in [-0.25, -0.2) is 4.79 Å². The number of nitrogens with one attached hydrogen (secondary N) is 2. The summed E-state index contributed by atoms with van der Waals surface area (Å²) in [4.78, 5) is 27.2. The van der Waals surface area contributed by atoms with Crippen LogP contribution < -0.4 is 5.32 Å². The van der Waals surface area contributed by atoms with Gasteiger partial charge in [-0.3, -0.25) is 4.79 Å². The van der Waals surface area contributed by atoms with Crippen LogP contribution in [0.3, 0.4) is 0 Å². The molecule has 1 aromatic heterocycles. The minimum Gasteiger partial charge on any atom is -0.467 e. The van der Waals surface area contributed by atoms with Gasteiger partial charge >= 0.3 is 5.97 Å². The smallest absolute Gasteiger partial charge is 0.333 e. The second-order valence-corrected chi connectivity index (χ2v) is 5.14. The second-order valence-electron chi connectivity index (χ2n) is 5.14. The van der Waals surface area contributed by atoms with Crippen molar-refractivity contribution >= 4 is 22.6 Å². The standard InChI is InChI=1S/C18H16N2O3/c1-23-18(22)16(20-17(21)15-8-9-19-11-15)14-7-6-12-4-2-3-5-13(12)10-14/h2-11,16,19H,1H3,(H,20,21)/t16-/m1/s1. The molecule has 2 N–H and O–H groups in total. The number of H-pyrrole nitrogens is 1. The number of methoxy groups -OCH3 is 1. The van der Waals surface area contributed by atoms with Crippen molar-refractivity contribution in [2.24, 2.45) is 0 Å². The fraction of sp³-hybridized carbons (Fsp3) is 0.111. The Bertz CT molecular complexity index is 840. The first-order valence-corrected chi connectivity index (χ1v) is 7.19. The van der Waals surface area contributed by atoms with Crippen LogP contribution >= 0.6 is 0 Å². The summed E-state index contributed by atoms with van der Waals surface area (Å²) in [5.74, 6) is -0.848. The van der Waals surface area contributed by atoms with E-state index in [1.54, 1.807) is 18.5 Å². The number of carbonyl (C=O) groups is 2. The van der Waals surface area contributed by atoms with E-state index >= 15 is 0 Å². The van der Waals surface area contributed by atoms with Gasteiger partial charge in [0.15, 0.2) is 6.04 Å². The Labute approximate surface area is 133 Å². The number of aromatic nitrogens is 1. The molecule has 5 heteroatoms. The quantitative estimate of drug-likeness (QED) is 0.728. The van der Waals surface area contributed by atoms with E-state index in [4.69, 9.17) is 4.74 Å². The van der Waals surface area contributed by atoms with Gasteiger partial charge in [-0.1, -0.05) is 36.4 Å². The Morgan fingerprint density at radius 3 is 2.57 bits per heavy atom. The van der Waals surface area contributed by atoms with Crippen LogP contribution in [-0.4, -0.2) is 24.0 Å². The number of benzene rings is 2. The molecule has 1 atom stereocenters. The van der Waals surface area contributed by atoms with E-state index in [2.05, 4.69) is 10.3 Å². The Balaban J connectivity index is 1.94. The van der Waals surface area contributed by atoms with E-state index in [0.29, 0.717) is 11.1 Å². The summed E-state index contributed by atoms with van der Waals surface area (Å²) < 4.78 is 4.84. The van der Waals surface area contributed by atoms with Crippen LogP contribution in [0.25, 0.3) is 10.8 Å². The van der Waals surface area contributed by atoms with Crippen molar-refractivity contribution < 1.29 is 14.3 Å². The van der Waals surface area contributed by atoms with E-state index in [1.807, 2.05) is 42.5 Å². The van der Waals surface area contributed by atoms with E-state index in [-0.39, 0.29) is 5.91 Å². The Kier molecular flexibility index (Phi) is 4.10. The number of hydrogen-bond acceptors (Lipinski definition) is 3. The minimum atomic E-state index is -0.855. The maximum absolute atomic E-state index is 12.2. The molecule has 0 aliphatic heterocycles. The van der Waals surface area contributed by atoms with Crippen LogP contribution in [0, 0.1) is 0 Å². The molecule has 0 unspecified atom stereocenters. The highest BCUT2D eigenvalue weighted by Gasteiger charge is 2.24. The van der Waals surface area contributed by atoms with E-state index in [0.717, 1.165) is 10.8 Å². The van der Waals surface area contributed by atoms with Crippen molar-refractivity contribution in [1.29, 1.82) is 0 Å². The third-order valence-corrected chi connectivity index (χ3v) is 3.68. The normalized spacial score (nSPS) is 11.9. The highest BCUT2D eigenvalue weighted by atomic mass is 16.5. The van der Waals surface area contributed by atoms with Crippen LogP contribution in [0.2, 0.25) is 0 Å².